The first-order valence-electron chi connectivity index (χ1n) is 10.3. The number of nitriles is 1. The van der Waals surface area contributed by atoms with Crippen molar-refractivity contribution in [1.29, 1.82) is 5.26 Å². The van der Waals surface area contributed by atoms with Gasteiger partial charge in [0.05, 0.1) is 23.4 Å². The zero-order valence-corrected chi connectivity index (χ0v) is 18.8. The summed E-state index contributed by atoms with van der Waals surface area (Å²) in [4.78, 5) is 20.4. The summed E-state index contributed by atoms with van der Waals surface area (Å²) in [5.74, 6) is -2.40. The number of nitro groups is 1. The van der Waals surface area contributed by atoms with Crippen molar-refractivity contribution >= 4 is 17.4 Å². The number of aliphatic hydroxyl groups is 1. The van der Waals surface area contributed by atoms with Gasteiger partial charge in [-0.2, -0.15) is 5.26 Å². The minimum absolute atomic E-state index is 0.00715. The lowest BCUT2D eigenvalue weighted by molar-refractivity contribution is -0.389. The van der Waals surface area contributed by atoms with E-state index in [1.165, 1.54) is 16.8 Å². The van der Waals surface area contributed by atoms with Crippen LogP contribution in [0.5, 0.6) is 0 Å². The molecular formula is C22H19ClF2N6O3. The van der Waals surface area contributed by atoms with E-state index < -0.39 is 28.0 Å². The molecule has 0 aliphatic carbocycles. The highest BCUT2D eigenvalue weighted by Gasteiger charge is 2.30. The van der Waals surface area contributed by atoms with Gasteiger partial charge in [0.2, 0.25) is 0 Å². The number of hydrogen-bond acceptors (Lipinski definition) is 7. The summed E-state index contributed by atoms with van der Waals surface area (Å²) in [5, 5.41) is 31.3. The molecule has 2 aromatic heterocycles. The first-order valence-corrected chi connectivity index (χ1v) is 10.6. The van der Waals surface area contributed by atoms with Crippen LogP contribution in [0.1, 0.15) is 23.7 Å². The highest BCUT2D eigenvalue weighted by atomic mass is 35.5. The molecule has 1 atom stereocenters. The van der Waals surface area contributed by atoms with Gasteiger partial charge in [-0.1, -0.05) is 0 Å². The largest absolute Gasteiger partial charge is 0.387 e. The van der Waals surface area contributed by atoms with E-state index in [1.807, 2.05) is 4.90 Å². The van der Waals surface area contributed by atoms with Crippen molar-refractivity contribution in [3.63, 3.8) is 0 Å². The molecule has 9 nitrogen and oxygen atoms in total. The number of β-amino-alcohol motifs (C(OH)–C–C–N with tert-alkyl or cyclic N) is 1. The van der Waals surface area contributed by atoms with Crippen molar-refractivity contribution in [3.8, 4) is 17.3 Å². The van der Waals surface area contributed by atoms with E-state index in [0.29, 0.717) is 25.1 Å². The molecule has 0 amide bonds. The quantitative estimate of drug-likeness (QED) is 0.416. The standard InChI is InChI=1S/C22H19ClF2N6O3/c1-22(32,12-30-10-19(31(33)34)28-21(30)23)11-29-5-4-18-15(9-29)6-14(8-26)20(27-18)13-2-3-16(24)17(25)7-13/h2-3,6-7,10,32H,4-5,9,11-12H2,1H3/t22-/m0/s1. The summed E-state index contributed by atoms with van der Waals surface area (Å²) in [6.45, 7) is 2.77. The van der Waals surface area contributed by atoms with Crippen molar-refractivity contribution in [2.75, 3.05) is 13.1 Å². The SMILES string of the molecule is C[C@](O)(CN1CCc2nc(-c3ccc(F)c(F)c3)c(C#N)cc2C1)Cn1cc([N+](=O)[O-])nc1Cl. The second-order valence-electron chi connectivity index (χ2n) is 8.44. The lowest BCUT2D eigenvalue weighted by Gasteiger charge is -2.34. The van der Waals surface area contributed by atoms with E-state index in [4.69, 9.17) is 11.6 Å². The maximum absolute atomic E-state index is 13.7. The Bertz CT molecular complexity index is 1320. The molecule has 0 saturated heterocycles. The first kappa shape index (κ1) is 23.7. The Kier molecular flexibility index (Phi) is 6.31. The molecule has 1 N–H and O–H groups in total. The normalized spacial score (nSPS) is 15.4. The molecule has 176 valence electrons. The van der Waals surface area contributed by atoms with Crippen LogP contribution in [-0.4, -0.2) is 48.2 Å². The smallest absolute Gasteiger partial charge is 0.383 e. The maximum Gasteiger partial charge on any atom is 0.383 e. The molecule has 3 heterocycles. The van der Waals surface area contributed by atoms with Gasteiger partial charge in [0.15, 0.2) is 11.6 Å². The molecule has 1 aliphatic heterocycles. The molecule has 0 unspecified atom stereocenters. The fourth-order valence-corrected chi connectivity index (χ4v) is 4.29. The van der Waals surface area contributed by atoms with Crippen molar-refractivity contribution in [2.24, 2.45) is 0 Å². The van der Waals surface area contributed by atoms with Crippen LogP contribution >= 0.6 is 11.6 Å². The lowest BCUT2D eigenvalue weighted by atomic mass is 9.97. The average Bonchev–Trinajstić information content (AvgIpc) is 3.14. The second kappa shape index (κ2) is 9.06. The number of fused-ring (bicyclic) bond motifs is 1. The molecule has 0 spiro atoms. The minimum atomic E-state index is -1.28. The van der Waals surface area contributed by atoms with E-state index in [-0.39, 0.29) is 29.6 Å². The zero-order chi connectivity index (χ0) is 24.6. The molecule has 3 aromatic rings. The molecule has 1 aliphatic rings. The maximum atomic E-state index is 13.7. The van der Waals surface area contributed by atoms with Crippen LogP contribution in [0.3, 0.4) is 0 Å². The number of benzene rings is 1. The summed E-state index contributed by atoms with van der Waals surface area (Å²) in [6, 6.07) is 7.14. The van der Waals surface area contributed by atoms with Crippen molar-refractivity contribution in [3.05, 3.63) is 74.3 Å². The number of hydrogen-bond donors (Lipinski definition) is 1. The molecular weight excluding hydrogens is 470 g/mol. The minimum Gasteiger partial charge on any atom is -0.387 e. The van der Waals surface area contributed by atoms with E-state index in [1.54, 1.807) is 13.0 Å². The molecule has 1 aromatic carbocycles. The van der Waals surface area contributed by atoms with Gasteiger partial charge in [-0.3, -0.25) is 14.5 Å². The van der Waals surface area contributed by atoms with Gasteiger partial charge in [-0.25, -0.2) is 8.78 Å². The predicted octanol–water partition coefficient (Wildman–Crippen LogP) is 3.47. The molecule has 0 radical (unpaired) electrons. The van der Waals surface area contributed by atoms with Crippen LogP contribution in [0.4, 0.5) is 14.6 Å². The van der Waals surface area contributed by atoms with Crippen molar-refractivity contribution < 1.29 is 18.8 Å². The third kappa shape index (κ3) is 4.89. The Morgan fingerprint density at radius 3 is 2.71 bits per heavy atom. The van der Waals surface area contributed by atoms with Crippen LogP contribution < -0.4 is 0 Å². The fraction of sp³-hybridized carbons (Fsp3) is 0.318. The summed E-state index contributed by atoms with van der Waals surface area (Å²) < 4.78 is 28.3. The van der Waals surface area contributed by atoms with Gasteiger partial charge >= 0.3 is 11.1 Å². The van der Waals surface area contributed by atoms with E-state index >= 15 is 0 Å². The molecule has 0 fully saturated rings. The molecule has 0 saturated carbocycles. The van der Waals surface area contributed by atoms with Crippen molar-refractivity contribution in [2.45, 2.75) is 32.0 Å². The van der Waals surface area contributed by atoms with E-state index in [2.05, 4.69) is 16.0 Å². The predicted molar refractivity (Wildman–Crippen MR) is 118 cm³/mol. The number of pyridine rings is 1. The molecule has 4 rings (SSSR count). The third-order valence-corrected chi connectivity index (χ3v) is 5.84. The van der Waals surface area contributed by atoms with Gasteiger partial charge < -0.3 is 15.2 Å². The molecule has 34 heavy (non-hydrogen) atoms. The molecule has 12 heteroatoms. The van der Waals surface area contributed by atoms with Gasteiger partial charge in [0, 0.05) is 37.3 Å². The average molecular weight is 489 g/mol. The number of nitrogens with zero attached hydrogens (tertiary/aromatic N) is 6. The summed E-state index contributed by atoms with van der Waals surface area (Å²) >= 11 is 5.96. The van der Waals surface area contributed by atoms with E-state index in [0.717, 1.165) is 23.4 Å². The topological polar surface area (TPSA) is 121 Å². The third-order valence-electron chi connectivity index (χ3n) is 5.54. The molecule has 0 bridgehead atoms. The Morgan fingerprint density at radius 2 is 2.06 bits per heavy atom. The fourth-order valence-electron chi connectivity index (χ4n) is 4.09. The second-order valence-corrected chi connectivity index (χ2v) is 8.78. The van der Waals surface area contributed by atoms with Gasteiger partial charge in [-0.15, -0.1) is 0 Å². The Labute approximate surface area is 198 Å². The van der Waals surface area contributed by atoms with Gasteiger partial charge in [-0.05, 0) is 58.3 Å². The number of aromatic nitrogens is 3. The number of rotatable bonds is 6. The Hall–Kier alpha value is -3.46. The summed E-state index contributed by atoms with van der Waals surface area (Å²) in [5.41, 5.74) is 1.08. The van der Waals surface area contributed by atoms with Gasteiger partial charge in [0.1, 0.15) is 12.3 Å². The van der Waals surface area contributed by atoms with E-state index in [9.17, 15) is 29.3 Å². The Balaban J connectivity index is 1.52. The highest BCUT2D eigenvalue weighted by Crippen LogP contribution is 2.29. The van der Waals surface area contributed by atoms with Crippen molar-refractivity contribution in [1.82, 2.24) is 19.4 Å². The van der Waals surface area contributed by atoms with Crippen LogP contribution in [0.15, 0.2) is 30.5 Å². The number of imidazole rings is 1. The zero-order valence-electron chi connectivity index (χ0n) is 18.0. The summed E-state index contributed by atoms with van der Waals surface area (Å²) in [6.07, 6.45) is 1.69. The van der Waals surface area contributed by atoms with Gasteiger partial charge in [0.25, 0.3) is 0 Å². The van der Waals surface area contributed by atoms with Crippen LogP contribution in [0.25, 0.3) is 11.3 Å². The first-order chi connectivity index (χ1) is 16.1. The van der Waals surface area contributed by atoms with Crippen LogP contribution in [0, 0.1) is 33.1 Å². The van der Waals surface area contributed by atoms with Crippen LogP contribution in [0.2, 0.25) is 5.28 Å². The lowest BCUT2D eigenvalue weighted by Crippen LogP contribution is -2.45. The highest BCUT2D eigenvalue weighted by molar-refractivity contribution is 6.28. The number of halogens is 3. The van der Waals surface area contributed by atoms with Crippen LogP contribution in [-0.2, 0) is 19.5 Å². The summed E-state index contributed by atoms with van der Waals surface area (Å²) in [7, 11) is 0. The Morgan fingerprint density at radius 1 is 1.29 bits per heavy atom. The monoisotopic (exact) mass is 488 g/mol.